The highest BCUT2D eigenvalue weighted by Gasteiger charge is 1.95. The molecule has 1 heterocycles. The van der Waals surface area contributed by atoms with Gasteiger partial charge < -0.3 is 10.1 Å². The number of aromatic amines is 1. The lowest BCUT2D eigenvalue weighted by Gasteiger charge is -1.92. The zero-order valence-electron chi connectivity index (χ0n) is 6.45. The first kappa shape index (κ1) is 9.54. The van der Waals surface area contributed by atoms with E-state index in [1.54, 1.807) is 0 Å². The molecule has 5 heteroatoms. The largest absolute Gasteiger partial charge is 0.478 e. The standard InChI is InChI=1S/C8H6ClNO3/c9-6-3-5(1-2-7(11)12)4-10-8(6)13/h1-4H,(H,10,13)(H,11,12). The minimum absolute atomic E-state index is 0.0348. The normalized spacial score (nSPS) is 10.5. The molecule has 0 aliphatic heterocycles. The molecule has 68 valence electrons. The van der Waals surface area contributed by atoms with Gasteiger partial charge in [-0.2, -0.15) is 0 Å². The predicted octanol–water partition coefficient (Wildman–Crippen LogP) is 1.13. The molecule has 0 spiro atoms. The zero-order valence-corrected chi connectivity index (χ0v) is 7.21. The Morgan fingerprint density at radius 1 is 1.62 bits per heavy atom. The lowest BCUT2D eigenvalue weighted by Crippen LogP contribution is -2.04. The molecule has 0 fully saturated rings. The molecule has 13 heavy (non-hydrogen) atoms. The minimum Gasteiger partial charge on any atom is -0.478 e. The van der Waals surface area contributed by atoms with Gasteiger partial charge in [-0.15, -0.1) is 0 Å². The molecular weight excluding hydrogens is 194 g/mol. The third-order valence-corrected chi connectivity index (χ3v) is 1.58. The molecule has 0 bridgehead atoms. The van der Waals surface area contributed by atoms with Crippen LogP contribution < -0.4 is 5.56 Å². The zero-order chi connectivity index (χ0) is 9.84. The van der Waals surface area contributed by atoms with Crippen molar-refractivity contribution in [3.63, 3.8) is 0 Å². The summed E-state index contributed by atoms with van der Waals surface area (Å²) in [6.07, 6.45) is 3.68. The fourth-order valence-electron chi connectivity index (χ4n) is 0.735. The van der Waals surface area contributed by atoms with Crippen LogP contribution >= 0.6 is 11.6 Å². The summed E-state index contributed by atoms with van der Waals surface area (Å²) in [6, 6.07) is 1.39. The van der Waals surface area contributed by atoms with Crippen LogP contribution in [0.25, 0.3) is 6.08 Å². The lowest BCUT2D eigenvalue weighted by atomic mass is 10.2. The predicted molar refractivity (Wildman–Crippen MR) is 48.7 cm³/mol. The van der Waals surface area contributed by atoms with E-state index in [0.29, 0.717) is 5.56 Å². The van der Waals surface area contributed by atoms with Crippen molar-refractivity contribution in [1.29, 1.82) is 0 Å². The van der Waals surface area contributed by atoms with Crippen LogP contribution in [0.4, 0.5) is 0 Å². The Labute approximate surface area is 78.5 Å². The summed E-state index contributed by atoms with van der Waals surface area (Å²) >= 11 is 5.50. The van der Waals surface area contributed by atoms with Crippen LogP contribution in [-0.2, 0) is 4.79 Å². The van der Waals surface area contributed by atoms with Gasteiger partial charge in [0.1, 0.15) is 5.02 Å². The van der Waals surface area contributed by atoms with Gasteiger partial charge >= 0.3 is 5.97 Å². The Kier molecular flexibility index (Phi) is 2.87. The molecule has 0 unspecified atom stereocenters. The van der Waals surface area contributed by atoms with Crippen LogP contribution in [-0.4, -0.2) is 16.1 Å². The van der Waals surface area contributed by atoms with E-state index < -0.39 is 11.5 Å². The van der Waals surface area contributed by atoms with Gasteiger partial charge in [0.2, 0.25) is 0 Å². The van der Waals surface area contributed by atoms with Crippen molar-refractivity contribution in [1.82, 2.24) is 4.98 Å². The van der Waals surface area contributed by atoms with Crippen LogP contribution in [0.2, 0.25) is 5.02 Å². The summed E-state index contributed by atoms with van der Waals surface area (Å²) in [6.45, 7) is 0. The number of rotatable bonds is 2. The van der Waals surface area contributed by atoms with E-state index >= 15 is 0 Å². The Morgan fingerprint density at radius 3 is 2.85 bits per heavy atom. The summed E-state index contributed by atoms with van der Waals surface area (Å²) in [7, 11) is 0. The van der Waals surface area contributed by atoms with Gasteiger partial charge in [-0.05, 0) is 17.7 Å². The Morgan fingerprint density at radius 2 is 2.31 bits per heavy atom. The van der Waals surface area contributed by atoms with Crippen LogP contribution in [0, 0.1) is 0 Å². The smallest absolute Gasteiger partial charge is 0.328 e. The molecule has 4 nitrogen and oxygen atoms in total. The maximum Gasteiger partial charge on any atom is 0.328 e. The van der Waals surface area contributed by atoms with E-state index in [1.807, 2.05) is 0 Å². The fraction of sp³-hybridized carbons (Fsp3) is 0. The van der Waals surface area contributed by atoms with Crippen molar-refractivity contribution in [2.45, 2.75) is 0 Å². The molecule has 0 saturated carbocycles. The second kappa shape index (κ2) is 3.91. The highest BCUT2D eigenvalue weighted by molar-refractivity contribution is 6.30. The Hall–Kier alpha value is -1.55. The molecular formula is C8H6ClNO3. The quantitative estimate of drug-likeness (QED) is 0.702. The average Bonchev–Trinajstić information content (AvgIpc) is 2.07. The average molecular weight is 200 g/mol. The second-order valence-corrected chi connectivity index (χ2v) is 2.69. The lowest BCUT2D eigenvalue weighted by molar-refractivity contribution is -0.131. The van der Waals surface area contributed by atoms with Crippen molar-refractivity contribution >= 4 is 23.6 Å². The van der Waals surface area contributed by atoms with E-state index in [4.69, 9.17) is 16.7 Å². The number of carboxylic acids is 1. The molecule has 0 aromatic carbocycles. The van der Waals surface area contributed by atoms with Gasteiger partial charge in [-0.1, -0.05) is 11.6 Å². The number of aliphatic carboxylic acids is 1. The Bertz CT molecular complexity index is 408. The van der Waals surface area contributed by atoms with Gasteiger partial charge in [0.15, 0.2) is 0 Å². The molecule has 0 aliphatic rings. The van der Waals surface area contributed by atoms with Crippen molar-refractivity contribution in [2.24, 2.45) is 0 Å². The van der Waals surface area contributed by atoms with Gasteiger partial charge in [0.05, 0.1) is 0 Å². The summed E-state index contributed by atoms with van der Waals surface area (Å²) in [5.41, 5.74) is 0.140. The molecule has 0 atom stereocenters. The van der Waals surface area contributed by atoms with Crippen molar-refractivity contribution in [3.8, 4) is 0 Å². The molecule has 0 saturated heterocycles. The third-order valence-electron chi connectivity index (χ3n) is 1.30. The van der Waals surface area contributed by atoms with Crippen LogP contribution in [0.15, 0.2) is 23.1 Å². The van der Waals surface area contributed by atoms with Gasteiger partial charge in [-0.25, -0.2) is 4.79 Å². The summed E-state index contributed by atoms with van der Waals surface area (Å²) in [5.74, 6) is -1.05. The highest BCUT2D eigenvalue weighted by Crippen LogP contribution is 2.05. The molecule has 1 aromatic rings. The van der Waals surface area contributed by atoms with E-state index in [9.17, 15) is 9.59 Å². The summed E-state index contributed by atoms with van der Waals surface area (Å²) in [5, 5.41) is 8.34. The topological polar surface area (TPSA) is 70.2 Å². The third kappa shape index (κ3) is 2.76. The maximum atomic E-state index is 10.8. The van der Waals surface area contributed by atoms with Gasteiger partial charge in [-0.3, -0.25) is 4.79 Å². The highest BCUT2D eigenvalue weighted by atomic mass is 35.5. The summed E-state index contributed by atoms with van der Waals surface area (Å²) < 4.78 is 0. The van der Waals surface area contributed by atoms with Crippen LogP contribution in [0.1, 0.15) is 5.56 Å². The van der Waals surface area contributed by atoms with Crippen LogP contribution in [0.5, 0.6) is 0 Å². The number of pyridine rings is 1. The first-order valence-corrected chi connectivity index (χ1v) is 3.76. The van der Waals surface area contributed by atoms with E-state index in [0.717, 1.165) is 6.08 Å². The molecule has 0 amide bonds. The van der Waals surface area contributed by atoms with Crippen molar-refractivity contribution in [2.75, 3.05) is 0 Å². The van der Waals surface area contributed by atoms with E-state index in [2.05, 4.69) is 4.98 Å². The van der Waals surface area contributed by atoms with Crippen molar-refractivity contribution in [3.05, 3.63) is 39.3 Å². The number of carboxylic acid groups (broad SMARTS) is 1. The number of hydrogen-bond donors (Lipinski definition) is 2. The number of hydrogen-bond acceptors (Lipinski definition) is 2. The second-order valence-electron chi connectivity index (χ2n) is 2.28. The fourth-order valence-corrected chi connectivity index (χ4v) is 0.916. The maximum absolute atomic E-state index is 10.8. The number of carbonyl (C=O) groups is 1. The molecule has 0 aliphatic carbocycles. The van der Waals surface area contributed by atoms with Gasteiger partial charge in [0, 0.05) is 12.3 Å². The number of aromatic nitrogens is 1. The number of nitrogens with one attached hydrogen (secondary N) is 1. The SMILES string of the molecule is O=C(O)C=Cc1c[nH]c(=O)c(Cl)c1. The van der Waals surface area contributed by atoms with E-state index in [1.165, 1.54) is 18.3 Å². The monoisotopic (exact) mass is 199 g/mol. The van der Waals surface area contributed by atoms with E-state index in [-0.39, 0.29) is 5.02 Å². The molecule has 1 aromatic heterocycles. The first-order chi connectivity index (χ1) is 6.09. The first-order valence-electron chi connectivity index (χ1n) is 3.39. The number of H-pyrrole nitrogens is 1. The molecule has 1 rings (SSSR count). The van der Waals surface area contributed by atoms with Crippen molar-refractivity contribution < 1.29 is 9.90 Å². The van der Waals surface area contributed by atoms with Crippen LogP contribution in [0.3, 0.4) is 0 Å². The minimum atomic E-state index is -1.05. The summed E-state index contributed by atoms with van der Waals surface area (Å²) in [4.78, 5) is 23.3. The van der Waals surface area contributed by atoms with Gasteiger partial charge in [0.25, 0.3) is 5.56 Å². The Balaban J connectivity index is 2.98. The molecule has 0 radical (unpaired) electrons. The molecule has 2 N–H and O–H groups in total. The number of halogens is 1.